The minimum absolute atomic E-state index is 0.167. The molecule has 2 aromatic heterocycles. The molecule has 0 spiro atoms. The summed E-state index contributed by atoms with van der Waals surface area (Å²) < 4.78 is 42.8. The van der Waals surface area contributed by atoms with E-state index in [1.807, 2.05) is 24.3 Å². The molecule has 188 valence electrons. The van der Waals surface area contributed by atoms with E-state index in [-0.39, 0.29) is 25.2 Å². The molecular weight excluding hydrogens is 491 g/mol. The number of hydrogen-bond acceptors (Lipinski definition) is 6. The van der Waals surface area contributed by atoms with Crippen LogP contribution in [0.3, 0.4) is 0 Å². The van der Waals surface area contributed by atoms with Crippen LogP contribution >= 0.6 is 11.6 Å². The Hall–Kier alpha value is -2.72. The lowest BCUT2D eigenvalue weighted by molar-refractivity contribution is -0.364. The van der Waals surface area contributed by atoms with Crippen molar-refractivity contribution in [1.29, 1.82) is 0 Å². The second-order valence-electron chi connectivity index (χ2n) is 10.8. The molecule has 1 saturated heterocycles. The number of rotatable bonds is 3. The molecule has 2 aliphatic heterocycles. The van der Waals surface area contributed by atoms with E-state index in [1.165, 1.54) is 0 Å². The second-order valence-corrected chi connectivity index (χ2v) is 11.2. The Balaban J connectivity index is 1.18. The Kier molecular flexibility index (Phi) is 4.77. The SMILES string of the molecule is FC(F)(F)C12CC(N3Cc4cc(Cl)ccc4-n4c(nnc4C4CCN(c5ncccn5)CC4)C3)(C1)C2. The lowest BCUT2D eigenvalue weighted by Crippen LogP contribution is -2.78. The predicted octanol–water partition coefficient (Wildman–Crippen LogP) is 4.90. The highest BCUT2D eigenvalue weighted by atomic mass is 35.5. The minimum atomic E-state index is -4.13. The lowest BCUT2D eigenvalue weighted by Gasteiger charge is -2.73. The lowest BCUT2D eigenvalue weighted by atomic mass is 9.38. The number of piperidine rings is 1. The third-order valence-electron chi connectivity index (χ3n) is 8.70. The number of halogens is 4. The standard InChI is InChI=1S/C25H25ClF3N7/c26-18-2-3-19-17(10-18)11-35(24-13-23(14-24,15-24)25(27,28)29)12-20-32-33-21(36(19)20)16-4-8-34(9-5-16)22-30-6-1-7-31-22/h1-3,6-7,10,16H,4-5,8-9,11-15H2. The average molecular weight is 516 g/mol. The van der Waals surface area contributed by atoms with Crippen LogP contribution in [0.5, 0.6) is 0 Å². The number of aromatic nitrogens is 5. The summed E-state index contributed by atoms with van der Waals surface area (Å²) in [6.07, 6.45) is 1.66. The predicted molar refractivity (Wildman–Crippen MR) is 127 cm³/mol. The third-order valence-corrected chi connectivity index (χ3v) is 8.94. The topological polar surface area (TPSA) is 63.0 Å². The fourth-order valence-electron chi connectivity index (χ4n) is 6.79. The van der Waals surface area contributed by atoms with Crippen LogP contribution in [0, 0.1) is 5.41 Å². The first kappa shape index (κ1) is 22.5. The highest BCUT2D eigenvalue weighted by Gasteiger charge is 2.79. The number of hydrogen-bond donors (Lipinski definition) is 0. The minimum Gasteiger partial charge on any atom is -0.341 e. The summed E-state index contributed by atoms with van der Waals surface area (Å²) in [7, 11) is 0. The number of alkyl halides is 3. The van der Waals surface area contributed by atoms with Gasteiger partial charge in [-0.15, -0.1) is 10.2 Å². The Morgan fingerprint density at radius 1 is 0.972 bits per heavy atom. The smallest absolute Gasteiger partial charge is 0.341 e. The van der Waals surface area contributed by atoms with Crippen molar-refractivity contribution in [2.24, 2.45) is 5.41 Å². The van der Waals surface area contributed by atoms with E-state index < -0.39 is 17.1 Å². The molecule has 0 radical (unpaired) electrons. The van der Waals surface area contributed by atoms with Gasteiger partial charge in [0.1, 0.15) is 5.82 Å². The monoisotopic (exact) mass is 515 g/mol. The van der Waals surface area contributed by atoms with Gasteiger partial charge in [0.2, 0.25) is 5.95 Å². The van der Waals surface area contributed by atoms with Gasteiger partial charge in [-0.25, -0.2) is 9.97 Å². The number of benzene rings is 1. The fraction of sp³-hybridized carbons (Fsp3) is 0.520. The number of anilines is 1. The molecule has 5 aliphatic rings. The molecule has 7 nitrogen and oxygen atoms in total. The van der Waals surface area contributed by atoms with Crippen LogP contribution in [0.15, 0.2) is 36.7 Å². The Morgan fingerprint density at radius 2 is 1.69 bits per heavy atom. The van der Waals surface area contributed by atoms with Gasteiger partial charge in [0.05, 0.1) is 17.6 Å². The molecule has 4 fully saturated rings. The Labute approximate surface area is 211 Å². The molecule has 8 rings (SSSR count). The van der Waals surface area contributed by atoms with Gasteiger partial charge in [-0.1, -0.05) is 11.6 Å². The molecule has 0 atom stereocenters. The third kappa shape index (κ3) is 3.23. The van der Waals surface area contributed by atoms with E-state index in [0.29, 0.717) is 18.1 Å². The van der Waals surface area contributed by atoms with Gasteiger partial charge in [0.25, 0.3) is 0 Å². The zero-order valence-corrected chi connectivity index (χ0v) is 20.3. The summed E-state index contributed by atoms with van der Waals surface area (Å²) in [4.78, 5) is 13.1. The van der Waals surface area contributed by atoms with Crippen molar-refractivity contribution in [2.75, 3.05) is 18.0 Å². The first-order chi connectivity index (χ1) is 17.3. The Morgan fingerprint density at radius 3 is 2.39 bits per heavy atom. The van der Waals surface area contributed by atoms with Crippen molar-refractivity contribution in [3.8, 4) is 5.69 Å². The quantitative estimate of drug-likeness (QED) is 0.494. The van der Waals surface area contributed by atoms with Crippen molar-refractivity contribution in [2.45, 2.75) is 62.8 Å². The van der Waals surface area contributed by atoms with Crippen LogP contribution in [0.25, 0.3) is 5.69 Å². The summed E-state index contributed by atoms with van der Waals surface area (Å²) in [6.45, 7) is 2.67. The van der Waals surface area contributed by atoms with Crippen LogP contribution in [0.1, 0.15) is 55.2 Å². The molecule has 36 heavy (non-hydrogen) atoms. The second kappa shape index (κ2) is 7.64. The van der Waals surface area contributed by atoms with E-state index in [1.54, 1.807) is 12.4 Å². The van der Waals surface area contributed by atoms with Gasteiger partial charge in [0.15, 0.2) is 5.82 Å². The molecular formula is C25H25ClF3N7. The molecule has 3 aromatic rings. The van der Waals surface area contributed by atoms with Crippen LogP contribution in [-0.2, 0) is 13.1 Å². The normalized spacial score (nSPS) is 28.1. The van der Waals surface area contributed by atoms with E-state index in [4.69, 9.17) is 11.6 Å². The summed E-state index contributed by atoms with van der Waals surface area (Å²) >= 11 is 6.37. The molecule has 2 bridgehead atoms. The van der Waals surface area contributed by atoms with Gasteiger partial charge in [-0.3, -0.25) is 9.47 Å². The van der Waals surface area contributed by atoms with Crippen LogP contribution in [0.2, 0.25) is 5.02 Å². The maximum atomic E-state index is 13.5. The summed E-state index contributed by atoms with van der Waals surface area (Å²) in [5.74, 6) is 2.64. The van der Waals surface area contributed by atoms with Crippen molar-refractivity contribution in [3.05, 3.63) is 58.9 Å². The fourth-order valence-corrected chi connectivity index (χ4v) is 6.98. The van der Waals surface area contributed by atoms with Crippen molar-refractivity contribution in [1.82, 2.24) is 29.6 Å². The molecule has 0 N–H and O–H groups in total. The van der Waals surface area contributed by atoms with E-state index in [9.17, 15) is 13.2 Å². The zero-order valence-electron chi connectivity index (χ0n) is 19.5. The zero-order chi connectivity index (χ0) is 24.7. The highest BCUT2D eigenvalue weighted by molar-refractivity contribution is 6.30. The highest BCUT2D eigenvalue weighted by Crippen LogP contribution is 2.75. The largest absolute Gasteiger partial charge is 0.394 e. The number of nitrogens with zero attached hydrogens (tertiary/aromatic N) is 7. The van der Waals surface area contributed by atoms with Crippen molar-refractivity contribution < 1.29 is 13.2 Å². The van der Waals surface area contributed by atoms with E-state index >= 15 is 0 Å². The molecule has 3 saturated carbocycles. The first-order valence-electron chi connectivity index (χ1n) is 12.3. The molecule has 11 heteroatoms. The summed E-state index contributed by atoms with van der Waals surface area (Å²) in [5.41, 5.74) is 0.0643. The van der Waals surface area contributed by atoms with Gasteiger partial charge in [-0.2, -0.15) is 13.2 Å². The van der Waals surface area contributed by atoms with Gasteiger partial charge in [-0.05, 0) is 61.9 Å². The molecule has 3 aliphatic carbocycles. The van der Waals surface area contributed by atoms with Crippen LogP contribution < -0.4 is 4.90 Å². The van der Waals surface area contributed by atoms with Crippen LogP contribution in [-0.4, -0.2) is 54.4 Å². The van der Waals surface area contributed by atoms with Crippen molar-refractivity contribution in [3.63, 3.8) is 0 Å². The summed E-state index contributed by atoms with van der Waals surface area (Å²) in [6, 6.07) is 7.59. The van der Waals surface area contributed by atoms with Crippen molar-refractivity contribution >= 4 is 17.5 Å². The van der Waals surface area contributed by atoms with Gasteiger partial charge in [0, 0.05) is 48.5 Å². The molecule has 4 heterocycles. The average Bonchev–Trinajstić information content (AvgIpc) is 3.13. The van der Waals surface area contributed by atoms with E-state index in [2.05, 4.69) is 34.5 Å². The van der Waals surface area contributed by atoms with Gasteiger partial charge >= 0.3 is 6.18 Å². The summed E-state index contributed by atoms with van der Waals surface area (Å²) in [5, 5.41) is 9.82. The Bertz CT molecular complexity index is 1300. The molecule has 0 unspecified atom stereocenters. The maximum absolute atomic E-state index is 13.5. The van der Waals surface area contributed by atoms with Crippen LogP contribution in [0.4, 0.5) is 19.1 Å². The van der Waals surface area contributed by atoms with Gasteiger partial charge < -0.3 is 4.90 Å². The number of fused-ring (bicyclic) bond motifs is 3. The van der Waals surface area contributed by atoms with E-state index in [0.717, 1.165) is 54.8 Å². The molecule has 0 amide bonds. The maximum Gasteiger partial charge on any atom is 0.394 e. The first-order valence-corrected chi connectivity index (χ1v) is 12.7. The molecule has 1 aromatic carbocycles.